The average molecular weight is 428 g/mol. The highest BCUT2D eigenvalue weighted by Crippen LogP contribution is 2.58. The Balaban J connectivity index is 1.64. The van der Waals surface area contributed by atoms with Crippen molar-refractivity contribution in [3.8, 4) is 17.3 Å². The van der Waals surface area contributed by atoms with E-state index in [2.05, 4.69) is 15.7 Å². The summed E-state index contributed by atoms with van der Waals surface area (Å²) in [6.45, 7) is 1.74. The molecule has 29 heavy (non-hydrogen) atoms. The Labute approximate surface area is 172 Å². The normalized spacial score (nSPS) is 23.4. The van der Waals surface area contributed by atoms with Gasteiger partial charge in [-0.05, 0) is 23.6 Å². The number of rotatable bonds is 6. The van der Waals surface area contributed by atoms with Gasteiger partial charge in [0.2, 0.25) is 0 Å². The molecule has 2 N–H and O–H groups in total. The molecule has 9 heteroatoms. The van der Waals surface area contributed by atoms with E-state index in [9.17, 15) is 18.3 Å². The van der Waals surface area contributed by atoms with Crippen LogP contribution in [-0.4, -0.2) is 34.8 Å². The van der Waals surface area contributed by atoms with Gasteiger partial charge in [-0.25, -0.2) is 13.1 Å². The first-order valence-electron chi connectivity index (χ1n) is 8.73. The highest BCUT2D eigenvalue weighted by atomic mass is 32.2. The quantitative estimate of drug-likeness (QED) is 0.589. The molecule has 148 valence electrons. The second-order valence-corrected chi connectivity index (χ2v) is 9.84. The van der Waals surface area contributed by atoms with Crippen LogP contribution in [0.15, 0.2) is 59.1 Å². The Morgan fingerprint density at radius 2 is 2.03 bits per heavy atom. The van der Waals surface area contributed by atoms with Gasteiger partial charge < -0.3 is 5.11 Å². The van der Waals surface area contributed by atoms with Crippen LogP contribution >= 0.6 is 11.3 Å². The zero-order valence-corrected chi connectivity index (χ0v) is 16.9. The summed E-state index contributed by atoms with van der Waals surface area (Å²) in [6.07, 6.45) is 8.45. The van der Waals surface area contributed by atoms with Crippen molar-refractivity contribution in [2.75, 3.05) is 0 Å². The molecule has 1 aliphatic carbocycles. The third-order valence-corrected chi connectivity index (χ3v) is 8.27. The molecule has 2 heterocycles. The van der Waals surface area contributed by atoms with Crippen molar-refractivity contribution in [1.82, 2.24) is 14.5 Å². The summed E-state index contributed by atoms with van der Waals surface area (Å²) in [5.41, 5.74) is -0.217. The molecular weight excluding hydrogens is 410 g/mol. The maximum Gasteiger partial charge on any atom is 0.325 e. The number of hydrogen-bond donors (Lipinski definition) is 2. The average Bonchev–Trinajstić information content (AvgIpc) is 3.13. The first kappa shape index (κ1) is 19.4. The lowest BCUT2D eigenvalue weighted by Crippen LogP contribution is -2.45. The molecule has 0 aliphatic heterocycles. The first-order chi connectivity index (χ1) is 13.8. The van der Waals surface area contributed by atoms with Gasteiger partial charge in [0.25, 0.3) is 10.0 Å². The minimum absolute atomic E-state index is 0.0109. The van der Waals surface area contributed by atoms with Crippen LogP contribution < -0.4 is 4.72 Å². The van der Waals surface area contributed by atoms with E-state index in [1.807, 2.05) is 30.3 Å². The maximum absolute atomic E-state index is 13.0. The molecule has 1 aliphatic rings. The fourth-order valence-electron chi connectivity index (χ4n) is 3.67. The van der Waals surface area contributed by atoms with Crippen molar-refractivity contribution >= 4 is 27.3 Å². The Morgan fingerprint density at radius 1 is 1.31 bits per heavy atom. The second-order valence-electron chi connectivity index (χ2n) is 6.87. The van der Waals surface area contributed by atoms with Crippen molar-refractivity contribution in [3.05, 3.63) is 66.0 Å². The highest BCUT2D eigenvalue weighted by Gasteiger charge is 2.70. The standard InChI is InChI=1S/C20H17N3O4S2/c1-3-14-11-21-23(12-14)16-9-10-17(28-16)29(26,27)22-20(19(24)25)13(2)18(20)15-7-5-4-6-8-15/h1,4-13,18,22H,2H3,(H,24,25)/t13-,18-,20+/m1/s1. The van der Waals surface area contributed by atoms with E-state index in [0.717, 1.165) is 16.9 Å². The zero-order valence-electron chi connectivity index (χ0n) is 15.3. The molecule has 4 rings (SSSR count). The number of benzene rings is 1. The van der Waals surface area contributed by atoms with Gasteiger partial charge in [0.1, 0.15) is 14.7 Å². The topological polar surface area (TPSA) is 101 Å². The van der Waals surface area contributed by atoms with Crippen LogP contribution in [0.4, 0.5) is 0 Å². The van der Waals surface area contributed by atoms with E-state index in [4.69, 9.17) is 6.42 Å². The Morgan fingerprint density at radius 3 is 2.66 bits per heavy atom. The lowest BCUT2D eigenvalue weighted by molar-refractivity contribution is -0.140. The predicted octanol–water partition coefficient (Wildman–Crippen LogP) is 2.45. The molecule has 0 unspecified atom stereocenters. The van der Waals surface area contributed by atoms with Gasteiger partial charge in [-0.3, -0.25) is 4.79 Å². The predicted molar refractivity (Wildman–Crippen MR) is 108 cm³/mol. The third kappa shape index (κ3) is 3.15. The van der Waals surface area contributed by atoms with Gasteiger partial charge in [-0.1, -0.05) is 43.2 Å². The minimum atomic E-state index is -4.05. The molecule has 0 spiro atoms. The molecule has 7 nitrogen and oxygen atoms in total. The molecule has 1 aromatic carbocycles. The number of nitrogens with zero attached hydrogens (tertiary/aromatic N) is 2. The summed E-state index contributed by atoms with van der Waals surface area (Å²) >= 11 is 0.984. The van der Waals surface area contributed by atoms with E-state index in [1.54, 1.807) is 19.2 Å². The molecule has 1 fully saturated rings. The van der Waals surface area contributed by atoms with E-state index < -0.39 is 27.4 Å². The van der Waals surface area contributed by atoms with E-state index >= 15 is 0 Å². The van der Waals surface area contributed by atoms with Gasteiger partial charge in [-0.2, -0.15) is 9.82 Å². The number of carbonyl (C=O) groups is 1. The van der Waals surface area contributed by atoms with Gasteiger partial charge >= 0.3 is 5.97 Å². The number of hydrogen-bond acceptors (Lipinski definition) is 5. The Bertz CT molecular complexity index is 1220. The fraction of sp³-hybridized carbons (Fsp3) is 0.200. The van der Waals surface area contributed by atoms with Crippen LogP contribution in [0.5, 0.6) is 0 Å². The van der Waals surface area contributed by atoms with Gasteiger partial charge in [0.15, 0.2) is 0 Å². The van der Waals surface area contributed by atoms with Gasteiger partial charge in [-0.15, -0.1) is 17.8 Å². The molecule has 0 bridgehead atoms. The number of thiophene rings is 1. The largest absolute Gasteiger partial charge is 0.480 e. The third-order valence-electron chi connectivity index (χ3n) is 5.22. The van der Waals surface area contributed by atoms with Crippen molar-refractivity contribution < 1.29 is 18.3 Å². The minimum Gasteiger partial charge on any atom is -0.480 e. The molecule has 2 aromatic heterocycles. The van der Waals surface area contributed by atoms with Crippen molar-refractivity contribution in [1.29, 1.82) is 0 Å². The van der Waals surface area contributed by atoms with E-state index in [1.165, 1.54) is 16.9 Å². The number of aromatic nitrogens is 2. The van der Waals surface area contributed by atoms with Crippen LogP contribution in [0.1, 0.15) is 24.0 Å². The summed E-state index contributed by atoms with van der Waals surface area (Å²) in [5, 5.41) is 14.5. The van der Waals surface area contributed by atoms with Gasteiger partial charge in [0.05, 0.1) is 11.8 Å². The monoisotopic (exact) mass is 427 g/mol. The smallest absolute Gasteiger partial charge is 0.325 e. The maximum atomic E-state index is 13.0. The van der Waals surface area contributed by atoms with Crippen LogP contribution in [0.3, 0.4) is 0 Å². The number of aliphatic carboxylic acids is 1. The molecule has 1 saturated carbocycles. The molecule has 0 amide bonds. The Kier molecular flexibility index (Phi) is 4.58. The van der Waals surface area contributed by atoms with Gasteiger partial charge in [0, 0.05) is 12.1 Å². The first-order valence-corrected chi connectivity index (χ1v) is 11.0. The number of carboxylic acids is 1. The second kappa shape index (κ2) is 6.84. The molecule has 0 radical (unpaired) electrons. The number of terminal acetylenes is 1. The van der Waals surface area contributed by atoms with E-state index in [0.29, 0.717) is 10.6 Å². The summed E-state index contributed by atoms with van der Waals surface area (Å²) in [4.78, 5) is 12.1. The summed E-state index contributed by atoms with van der Waals surface area (Å²) in [7, 11) is -4.05. The van der Waals surface area contributed by atoms with Crippen molar-refractivity contribution in [3.63, 3.8) is 0 Å². The van der Waals surface area contributed by atoms with Crippen molar-refractivity contribution in [2.45, 2.75) is 22.6 Å². The molecule has 3 atom stereocenters. The lowest BCUT2D eigenvalue weighted by atomic mass is 10.1. The Hall–Kier alpha value is -2.93. The number of nitrogens with one attached hydrogen (secondary N) is 1. The molecule has 3 aromatic rings. The number of sulfonamides is 1. The van der Waals surface area contributed by atoms with Crippen LogP contribution in [0.2, 0.25) is 0 Å². The zero-order chi connectivity index (χ0) is 20.8. The number of carboxylic acid groups (broad SMARTS) is 1. The van der Waals surface area contributed by atoms with E-state index in [-0.39, 0.29) is 10.1 Å². The summed E-state index contributed by atoms with van der Waals surface area (Å²) in [6, 6.07) is 12.1. The van der Waals surface area contributed by atoms with Crippen LogP contribution in [0.25, 0.3) is 5.00 Å². The summed E-state index contributed by atoms with van der Waals surface area (Å²) in [5.74, 6) is 0.434. The molecular formula is C20H17N3O4S2. The SMILES string of the molecule is C#Cc1cnn(-c2ccc(S(=O)(=O)N[C@@]3(C(=O)O)[C@H](C)[C@@H]3c3ccccc3)s2)c1. The van der Waals surface area contributed by atoms with Crippen molar-refractivity contribution in [2.24, 2.45) is 5.92 Å². The van der Waals surface area contributed by atoms with Crippen LogP contribution in [0, 0.1) is 18.3 Å². The fourth-order valence-corrected chi connectivity index (χ4v) is 6.35. The van der Waals surface area contributed by atoms with Crippen LogP contribution in [-0.2, 0) is 14.8 Å². The lowest BCUT2D eigenvalue weighted by Gasteiger charge is -2.15. The molecule has 0 saturated heterocycles. The summed E-state index contributed by atoms with van der Waals surface area (Å²) < 4.78 is 29.9. The highest BCUT2D eigenvalue weighted by molar-refractivity contribution is 7.91.